The molecule has 4 aromatic carbocycles. The summed E-state index contributed by atoms with van der Waals surface area (Å²) in [5, 5.41) is 9.95. The highest BCUT2D eigenvalue weighted by molar-refractivity contribution is 6.02. The molecule has 0 aliphatic carbocycles. The van der Waals surface area contributed by atoms with Gasteiger partial charge in [0.05, 0.1) is 11.4 Å². The first-order chi connectivity index (χ1) is 18.5. The minimum atomic E-state index is -0.284. The summed E-state index contributed by atoms with van der Waals surface area (Å²) in [6, 6.07) is 31.4. The average molecular weight is 503 g/mol. The second-order valence-corrected chi connectivity index (χ2v) is 9.30. The second kappa shape index (κ2) is 10.7. The van der Waals surface area contributed by atoms with Gasteiger partial charge < -0.3 is 10.2 Å². The summed E-state index contributed by atoms with van der Waals surface area (Å²) in [6.45, 7) is 6.16. The SMILES string of the molecule is CCN(CC(=O)Nc1c(-c2ccccc2)c(C)nn1-c1ccccc1C)C(=O)c1ccc2ccccc2c1. The fraction of sp³-hybridized carbons (Fsp3) is 0.156. The van der Waals surface area contributed by atoms with Gasteiger partial charge in [-0.1, -0.05) is 78.9 Å². The zero-order valence-electron chi connectivity index (χ0n) is 21.8. The van der Waals surface area contributed by atoms with Gasteiger partial charge in [-0.15, -0.1) is 0 Å². The van der Waals surface area contributed by atoms with E-state index in [0.717, 1.165) is 38.8 Å². The van der Waals surface area contributed by atoms with E-state index >= 15 is 0 Å². The van der Waals surface area contributed by atoms with Crippen molar-refractivity contribution in [3.8, 4) is 16.8 Å². The highest BCUT2D eigenvalue weighted by Gasteiger charge is 2.23. The fourth-order valence-electron chi connectivity index (χ4n) is 4.75. The Morgan fingerprint density at radius 3 is 2.26 bits per heavy atom. The molecule has 6 nitrogen and oxygen atoms in total. The Hall–Kier alpha value is -4.71. The molecule has 5 aromatic rings. The highest BCUT2D eigenvalue weighted by atomic mass is 16.2. The molecule has 1 heterocycles. The number of likely N-dealkylation sites (N-methyl/N-ethyl adjacent to an activating group) is 1. The van der Waals surface area contributed by atoms with Crippen molar-refractivity contribution < 1.29 is 9.59 Å². The molecular weight excluding hydrogens is 472 g/mol. The van der Waals surface area contributed by atoms with Gasteiger partial charge in [-0.05, 0) is 60.9 Å². The summed E-state index contributed by atoms with van der Waals surface area (Å²) in [5.74, 6) is 0.121. The quantitative estimate of drug-likeness (QED) is 0.280. The van der Waals surface area contributed by atoms with Crippen molar-refractivity contribution >= 4 is 28.4 Å². The van der Waals surface area contributed by atoms with Crippen molar-refractivity contribution in [2.24, 2.45) is 0 Å². The standard InChI is InChI=1S/C32H30N4O2/c1-4-35(32(38)27-19-18-24-13-9-10-16-26(24)20-27)21-29(37)33-31-30(25-14-6-5-7-15-25)23(3)34-36(31)28-17-11-8-12-22(28)2/h5-20H,4,21H2,1-3H3,(H,33,37). The molecule has 190 valence electrons. The fourth-order valence-corrected chi connectivity index (χ4v) is 4.75. The van der Waals surface area contributed by atoms with Crippen LogP contribution in [0.5, 0.6) is 0 Å². The summed E-state index contributed by atoms with van der Waals surface area (Å²) in [5.41, 5.74) is 5.09. The van der Waals surface area contributed by atoms with Crippen LogP contribution in [0.25, 0.3) is 27.6 Å². The summed E-state index contributed by atoms with van der Waals surface area (Å²) in [4.78, 5) is 28.4. The molecule has 0 bridgehead atoms. The van der Waals surface area contributed by atoms with Crippen LogP contribution in [0.15, 0.2) is 97.1 Å². The number of amides is 2. The number of fused-ring (bicyclic) bond motifs is 1. The Morgan fingerprint density at radius 2 is 1.53 bits per heavy atom. The third kappa shape index (κ3) is 4.93. The van der Waals surface area contributed by atoms with E-state index in [1.165, 1.54) is 0 Å². The first-order valence-electron chi connectivity index (χ1n) is 12.7. The minimum absolute atomic E-state index is 0.0750. The van der Waals surface area contributed by atoms with Gasteiger partial charge in [0.25, 0.3) is 5.91 Å². The largest absolute Gasteiger partial charge is 0.330 e. The minimum Gasteiger partial charge on any atom is -0.330 e. The Balaban J connectivity index is 1.46. The van der Waals surface area contributed by atoms with E-state index in [0.29, 0.717) is 17.9 Å². The van der Waals surface area contributed by atoms with E-state index in [-0.39, 0.29) is 18.4 Å². The van der Waals surface area contributed by atoms with Gasteiger partial charge in [-0.25, -0.2) is 4.68 Å². The van der Waals surface area contributed by atoms with Crippen molar-refractivity contribution in [1.29, 1.82) is 0 Å². The predicted molar refractivity (Wildman–Crippen MR) is 153 cm³/mol. The molecule has 0 unspecified atom stereocenters. The van der Waals surface area contributed by atoms with Crippen LogP contribution in [0.1, 0.15) is 28.5 Å². The van der Waals surface area contributed by atoms with Crippen LogP contribution in [0.3, 0.4) is 0 Å². The van der Waals surface area contributed by atoms with Crippen LogP contribution in [0, 0.1) is 13.8 Å². The molecule has 0 aliphatic rings. The summed E-state index contributed by atoms with van der Waals surface area (Å²) < 4.78 is 1.78. The first-order valence-corrected chi connectivity index (χ1v) is 12.7. The second-order valence-electron chi connectivity index (χ2n) is 9.30. The monoisotopic (exact) mass is 502 g/mol. The van der Waals surface area contributed by atoms with Crippen LogP contribution < -0.4 is 5.32 Å². The van der Waals surface area contributed by atoms with Gasteiger partial charge in [-0.2, -0.15) is 5.10 Å². The maximum absolute atomic E-state index is 13.4. The molecule has 0 fully saturated rings. The number of hydrogen-bond donors (Lipinski definition) is 1. The number of hydrogen-bond acceptors (Lipinski definition) is 3. The van der Waals surface area contributed by atoms with Crippen molar-refractivity contribution in [3.63, 3.8) is 0 Å². The molecule has 5 rings (SSSR count). The van der Waals surface area contributed by atoms with E-state index in [2.05, 4.69) is 5.32 Å². The number of anilines is 1. The Kier molecular flexibility index (Phi) is 7.05. The topological polar surface area (TPSA) is 67.2 Å². The lowest BCUT2D eigenvalue weighted by molar-refractivity contribution is -0.116. The van der Waals surface area contributed by atoms with Gasteiger partial charge in [0.15, 0.2) is 0 Å². The van der Waals surface area contributed by atoms with Crippen LogP contribution in [0.4, 0.5) is 5.82 Å². The maximum Gasteiger partial charge on any atom is 0.254 e. The smallest absolute Gasteiger partial charge is 0.254 e. The molecule has 0 saturated carbocycles. The van der Waals surface area contributed by atoms with Crippen molar-refractivity contribution in [1.82, 2.24) is 14.7 Å². The predicted octanol–water partition coefficient (Wildman–Crippen LogP) is 6.41. The van der Waals surface area contributed by atoms with Gasteiger partial charge in [0.1, 0.15) is 12.4 Å². The van der Waals surface area contributed by atoms with Gasteiger partial charge >= 0.3 is 0 Å². The van der Waals surface area contributed by atoms with Crippen LogP contribution in [-0.2, 0) is 4.79 Å². The van der Waals surface area contributed by atoms with Crippen molar-refractivity contribution in [2.75, 3.05) is 18.4 Å². The molecule has 0 spiro atoms. The van der Waals surface area contributed by atoms with Crippen LogP contribution >= 0.6 is 0 Å². The number of carbonyl (C=O) groups excluding carboxylic acids is 2. The molecule has 38 heavy (non-hydrogen) atoms. The molecular formula is C32H30N4O2. The third-order valence-electron chi connectivity index (χ3n) is 6.72. The lowest BCUT2D eigenvalue weighted by Gasteiger charge is -2.21. The van der Waals surface area contributed by atoms with E-state index in [1.807, 2.05) is 118 Å². The number of aryl methyl sites for hydroxylation is 2. The van der Waals surface area contributed by atoms with Gasteiger partial charge in [0, 0.05) is 17.7 Å². The number of para-hydroxylation sites is 1. The molecule has 0 atom stereocenters. The third-order valence-corrected chi connectivity index (χ3v) is 6.72. The van der Waals surface area contributed by atoms with E-state index in [1.54, 1.807) is 9.58 Å². The maximum atomic E-state index is 13.4. The average Bonchev–Trinajstić information content (AvgIpc) is 3.26. The Bertz CT molecular complexity index is 1620. The van der Waals surface area contributed by atoms with Crippen LogP contribution in [0.2, 0.25) is 0 Å². The number of nitrogens with zero attached hydrogens (tertiary/aromatic N) is 3. The van der Waals surface area contributed by atoms with Crippen molar-refractivity contribution in [3.05, 3.63) is 114 Å². The molecule has 0 radical (unpaired) electrons. The lowest BCUT2D eigenvalue weighted by atomic mass is 10.1. The normalized spacial score (nSPS) is 10.9. The first kappa shape index (κ1) is 25.0. The number of benzene rings is 4. The summed E-state index contributed by atoms with van der Waals surface area (Å²) in [7, 11) is 0. The lowest BCUT2D eigenvalue weighted by Crippen LogP contribution is -2.38. The molecule has 2 amide bonds. The summed E-state index contributed by atoms with van der Waals surface area (Å²) in [6.07, 6.45) is 0. The Labute approximate surface area is 222 Å². The molecule has 0 saturated heterocycles. The molecule has 0 aliphatic heterocycles. The van der Waals surface area contributed by atoms with E-state index in [9.17, 15) is 9.59 Å². The molecule has 6 heteroatoms. The Morgan fingerprint density at radius 1 is 0.842 bits per heavy atom. The zero-order valence-corrected chi connectivity index (χ0v) is 21.8. The molecule has 1 N–H and O–H groups in total. The van der Waals surface area contributed by atoms with E-state index < -0.39 is 0 Å². The van der Waals surface area contributed by atoms with E-state index in [4.69, 9.17) is 5.10 Å². The van der Waals surface area contributed by atoms with Gasteiger partial charge in [-0.3, -0.25) is 9.59 Å². The summed E-state index contributed by atoms with van der Waals surface area (Å²) >= 11 is 0. The zero-order chi connectivity index (χ0) is 26.6. The number of nitrogens with one attached hydrogen (secondary N) is 1. The van der Waals surface area contributed by atoms with Gasteiger partial charge in [0.2, 0.25) is 5.91 Å². The highest BCUT2D eigenvalue weighted by Crippen LogP contribution is 2.34. The van der Waals surface area contributed by atoms with Crippen molar-refractivity contribution in [2.45, 2.75) is 20.8 Å². The number of carbonyl (C=O) groups is 2. The number of aromatic nitrogens is 2. The molecule has 1 aromatic heterocycles. The van der Waals surface area contributed by atoms with Crippen LogP contribution in [-0.4, -0.2) is 39.6 Å². The number of rotatable bonds is 7.